The summed E-state index contributed by atoms with van der Waals surface area (Å²) in [6, 6.07) is 5.75. The van der Waals surface area contributed by atoms with Crippen LogP contribution in [0.1, 0.15) is 44.6 Å². The summed E-state index contributed by atoms with van der Waals surface area (Å²) in [5.74, 6) is -0.600. The number of amides is 1. The van der Waals surface area contributed by atoms with Gasteiger partial charge in [-0.15, -0.1) is 0 Å². The lowest BCUT2D eigenvalue weighted by Gasteiger charge is -2.26. The molecular weight excluding hydrogens is 308 g/mol. The Hall–Kier alpha value is -2.08. The summed E-state index contributed by atoms with van der Waals surface area (Å²) < 4.78 is 5.20. The van der Waals surface area contributed by atoms with E-state index in [1.165, 1.54) is 0 Å². The number of rotatable bonds is 7. The maximum absolute atomic E-state index is 12.5. The number of phenols is 1. The summed E-state index contributed by atoms with van der Waals surface area (Å²) in [5.41, 5.74) is 6.10. The molecule has 0 aromatic heterocycles. The number of nitrogens with one attached hydrogen (secondary N) is 1. The number of carbonyl (C=O) groups is 2. The molecule has 0 aliphatic heterocycles. The van der Waals surface area contributed by atoms with E-state index in [4.69, 9.17) is 10.5 Å². The molecule has 1 amide bonds. The second-order valence-corrected chi connectivity index (χ2v) is 6.43. The van der Waals surface area contributed by atoms with Gasteiger partial charge in [0.05, 0.1) is 12.1 Å². The fourth-order valence-electron chi connectivity index (χ4n) is 2.90. The van der Waals surface area contributed by atoms with Crippen molar-refractivity contribution in [3.63, 3.8) is 0 Å². The fraction of sp³-hybridized carbons (Fsp3) is 0.556. The van der Waals surface area contributed by atoms with E-state index in [9.17, 15) is 14.7 Å². The summed E-state index contributed by atoms with van der Waals surface area (Å²) in [7, 11) is 0. The molecule has 1 aliphatic rings. The molecule has 6 nitrogen and oxygen atoms in total. The van der Waals surface area contributed by atoms with Crippen LogP contribution in [0.3, 0.4) is 0 Å². The number of phenolic OH excluding ortho intramolecular Hbond substituents is 1. The molecule has 1 saturated carbocycles. The Morgan fingerprint density at radius 3 is 2.50 bits per heavy atom. The van der Waals surface area contributed by atoms with E-state index < -0.39 is 17.6 Å². The van der Waals surface area contributed by atoms with Crippen LogP contribution in [0.2, 0.25) is 0 Å². The molecular formula is C18H26N2O4. The monoisotopic (exact) mass is 334 g/mol. The summed E-state index contributed by atoms with van der Waals surface area (Å²) in [5, 5.41) is 12.1. The van der Waals surface area contributed by atoms with E-state index in [0.29, 0.717) is 32.3 Å². The molecule has 1 aliphatic carbocycles. The Morgan fingerprint density at radius 1 is 1.29 bits per heavy atom. The third kappa shape index (κ3) is 4.71. The highest BCUT2D eigenvalue weighted by Gasteiger charge is 2.39. The van der Waals surface area contributed by atoms with Crippen molar-refractivity contribution in [3.05, 3.63) is 29.8 Å². The number of hydrogen-bond donors (Lipinski definition) is 3. The maximum Gasteiger partial charge on any atom is 0.328 e. The first-order valence-corrected chi connectivity index (χ1v) is 8.49. The van der Waals surface area contributed by atoms with Gasteiger partial charge in [0.2, 0.25) is 5.91 Å². The molecule has 0 unspecified atom stereocenters. The van der Waals surface area contributed by atoms with Gasteiger partial charge in [0, 0.05) is 6.42 Å². The molecule has 1 aromatic carbocycles. The Labute approximate surface area is 142 Å². The zero-order valence-electron chi connectivity index (χ0n) is 14.1. The first-order chi connectivity index (χ1) is 11.4. The van der Waals surface area contributed by atoms with Gasteiger partial charge in [0.25, 0.3) is 0 Å². The standard InChI is InChI=1S/C18H26N2O4/c1-2-11-24-16(22)15(12-13-5-7-14(21)8-6-13)20-17(23)18(19)9-3-4-10-18/h5-8,15,21H,2-4,9-12,19H2,1H3,(H,20,23)/t15-/m0/s1. The average molecular weight is 334 g/mol. The molecule has 2 rings (SSSR count). The van der Waals surface area contributed by atoms with Crippen LogP contribution in [0.25, 0.3) is 0 Å². The molecule has 0 heterocycles. The van der Waals surface area contributed by atoms with Crippen LogP contribution in [0.4, 0.5) is 0 Å². The van der Waals surface area contributed by atoms with Gasteiger partial charge in [-0.05, 0) is 37.0 Å². The predicted molar refractivity (Wildman–Crippen MR) is 90.4 cm³/mol. The molecule has 132 valence electrons. The molecule has 1 fully saturated rings. The second kappa shape index (κ2) is 8.15. The zero-order valence-corrected chi connectivity index (χ0v) is 14.1. The lowest BCUT2D eigenvalue weighted by Crippen LogP contribution is -2.56. The van der Waals surface area contributed by atoms with Gasteiger partial charge < -0.3 is 20.9 Å². The van der Waals surface area contributed by atoms with Crippen molar-refractivity contribution < 1.29 is 19.4 Å². The zero-order chi connectivity index (χ0) is 17.6. The largest absolute Gasteiger partial charge is 0.508 e. The number of carbonyl (C=O) groups excluding carboxylic acids is 2. The number of esters is 1. The van der Waals surface area contributed by atoms with Crippen LogP contribution in [0, 0.1) is 0 Å². The van der Waals surface area contributed by atoms with Crippen molar-refractivity contribution in [1.29, 1.82) is 0 Å². The minimum absolute atomic E-state index is 0.153. The van der Waals surface area contributed by atoms with Crippen molar-refractivity contribution in [2.75, 3.05) is 6.61 Å². The highest BCUT2D eigenvalue weighted by Crippen LogP contribution is 2.27. The number of ether oxygens (including phenoxy) is 1. The second-order valence-electron chi connectivity index (χ2n) is 6.43. The van der Waals surface area contributed by atoms with Crippen LogP contribution in [-0.2, 0) is 20.7 Å². The van der Waals surface area contributed by atoms with Crippen LogP contribution >= 0.6 is 0 Å². The number of benzene rings is 1. The lowest BCUT2D eigenvalue weighted by atomic mass is 9.96. The Kier molecular flexibility index (Phi) is 6.20. The minimum Gasteiger partial charge on any atom is -0.508 e. The lowest BCUT2D eigenvalue weighted by molar-refractivity contribution is -0.148. The maximum atomic E-state index is 12.5. The minimum atomic E-state index is -0.891. The van der Waals surface area contributed by atoms with Gasteiger partial charge in [0.1, 0.15) is 11.8 Å². The molecule has 0 spiro atoms. The Balaban J connectivity index is 2.08. The smallest absolute Gasteiger partial charge is 0.328 e. The first-order valence-electron chi connectivity index (χ1n) is 8.49. The third-order valence-corrected chi connectivity index (χ3v) is 4.36. The Bertz CT molecular complexity index is 565. The summed E-state index contributed by atoms with van der Waals surface area (Å²) in [6.07, 6.45) is 4.13. The number of nitrogens with two attached hydrogens (primary N) is 1. The molecule has 24 heavy (non-hydrogen) atoms. The van der Waals surface area contributed by atoms with Gasteiger partial charge >= 0.3 is 5.97 Å². The van der Waals surface area contributed by atoms with Crippen molar-refractivity contribution in [2.45, 2.75) is 57.0 Å². The number of hydrogen-bond acceptors (Lipinski definition) is 5. The highest BCUT2D eigenvalue weighted by molar-refractivity contribution is 5.90. The third-order valence-electron chi connectivity index (χ3n) is 4.36. The van der Waals surface area contributed by atoms with E-state index >= 15 is 0 Å². The highest BCUT2D eigenvalue weighted by atomic mass is 16.5. The first kappa shape index (κ1) is 18.3. The summed E-state index contributed by atoms with van der Waals surface area (Å²) >= 11 is 0. The fourth-order valence-corrected chi connectivity index (χ4v) is 2.90. The van der Waals surface area contributed by atoms with Gasteiger partial charge in [-0.1, -0.05) is 31.9 Å². The van der Waals surface area contributed by atoms with E-state index in [1.54, 1.807) is 24.3 Å². The van der Waals surface area contributed by atoms with Crippen molar-refractivity contribution >= 4 is 11.9 Å². The van der Waals surface area contributed by atoms with E-state index in [1.807, 2.05) is 6.92 Å². The van der Waals surface area contributed by atoms with Gasteiger partial charge in [-0.2, -0.15) is 0 Å². The van der Waals surface area contributed by atoms with Crippen molar-refractivity contribution in [1.82, 2.24) is 5.32 Å². The van der Waals surface area contributed by atoms with E-state index in [2.05, 4.69) is 5.32 Å². The van der Waals surface area contributed by atoms with Crippen LogP contribution in [0.5, 0.6) is 5.75 Å². The molecule has 1 aromatic rings. The molecule has 0 saturated heterocycles. The summed E-state index contributed by atoms with van der Waals surface area (Å²) in [6.45, 7) is 2.22. The van der Waals surface area contributed by atoms with Crippen LogP contribution in [-0.4, -0.2) is 35.2 Å². The molecule has 6 heteroatoms. The summed E-state index contributed by atoms with van der Waals surface area (Å²) in [4.78, 5) is 24.8. The topological polar surface area (TPSA) is 102 Å². The Morgan fingerprint density at radius 2 is 1.92 bits per heavy atom. The predicted octanol–water partition coefficient (Wildman–Crippen LogP) is 1.64. The quantitative estimate of drug-likeness (QED) is 0.658. The van der Waals surface area contributed by atoms with E-state index in [0.717, 1.165) is 18.4 Å². The number of aromatic hydroxyl groups is 1. The van der Waals surface area contributed by atoms with Crippen molar-refractivity contribution in [2.24, 2.45) is 5.73 Å². The van der Waals surface area contributed by atoms with Gasteiger partial charge in [0.15, 0.2) is 0 Å². The van der Waals surface area contributed by atoms with Crippen molar-refractivity contribution in [3.8, 4) is 5.75 Å². The molecule has 1 atom stereocenters. The normalized spacial score (nSPS) is 17.2. The SMILES string of the molecule is CCCOC(=O)[C@H](Cc1ccc(O)cc1)NC(=O)C1(N)CCCC1. The molecule has 0 bridgehead atoms. The average Bonchev–Trinajstić information content (AvgIpc) is 3.02. The van der Waals surface area contributed by atoms with Crippen LogP contribution in [0.15, 0.2) is 24.3 Å². The molecule has 4 N–H and O–H groups in total. The van der Waals surface area contributed by atoms with Crippen LogP contribution < -0.4 is 11.1 Å². The van der Waals surface area contributed by atoms with Gasteiger partial charge in [-0.25, -0.2) is 4.79 Å². The molecule has 0 radical (unpaired) electrons. The van der Waals surface area contributed by atoms with E-state index in [-0.39, 0.29) is 11.7 Å². The van der Waals surface area contributed by atoms with Gasteiger partial charge in [-0.3, -0.25) is 4.79 Å².